The standard InChI is InChI=1S/C16H27NO2/c1-13(2)15-5-7-16(8-6-15)19-12-11-18-10-9-17-14(3)4/h5-8,13-14,17H,9-12H2,1-4H3. The van der Waals surface area contributed by atoms with Gasteiger partial charge < -0.3 is 14.8 Å². The minimum Gasteiger partial charge on any atom is -0.491 e. The molecule has 1 rings (SSSR count). The van der Waals surface area contributed by atoms with Crippen LogP contribution in [0.5, 0.6) is 5.75 Å². The fourth-order valence-electron chi connectivity index (χ4n) is 1.69. The third-order valence-corrected chi connectivity index (χ3v) is 2.84. The monoisotopic (exact) mass is 265 g/mol. The zero-order valence-electron chi connectivity index (χ0n) is 12.6. The smallest absolute Gasteiger partial charge is 0.119 e. The maximum Gasteiger partial charge on any atom is 0.119 e. The molecule has 0 saturated carbocycles. The average molecular weight is 265 g/mol. The lowest BCUT2D eigenvalue weighted by Gasteiger charge is -2.10. The molecular weight excluding hydrogens is 238 g/mol. The third-order valence-electron chi connectivity index (χ3n) is 2.84. The van der Waals surface area contributed by atoms with Crippen LogP contribution in [0.25, 0.3) is 0 Å². The Morgan fingerprint density at radius 3 is 2.21 bits per heavy atom. The summed E-state index contributed by atoms with van der Waals surface area (Å²) in [7, 11) is 0. The first-order valence-electron chi connectivity index (χ1n) is 7.13. The van der Waals surface area contributed by atoms with Crippen LogP contribution in [0, 0.1) is 0 Å². The van der Waals surface area contributed by atoms with Gasteiger partial charge in [0.25, 0.3) is 0 Å². The Morgan fingerprint density at radius 1 is 0.947 bits per heavy atom. The summed E-state index contributed by atoms with van der Waals surface area (Å²) in [6.07, 6.45) is 0. The molecule has 1 aromatic carbocycles. The van der Waals surface area contributed by atoms with Crippen LogP contribution in [0.3, 0.4) is 0 Å². The lowest BCUT2D eigenvalue weighted by molar-refractivity contribution is 0.101. The first-order chi connectivity index (χ1) is 9.09. The minimum absolute atomic E-state index is 0.513. The second kappa shape index (κ2) is 8.94. The normalized spacial score (nSPS) is 11.3. The van der Waals surface area contributed by atoms with E-state index in [0.717, 1.165) is 18.9 Å². The fourth-order valence-corrected chi connectivity index (χ4v) is 1.69. The fraction of sp³-hybridized carbons (Fsp3) is 0.625. The van der Waals surface area contributed by atoms with Gasteiger partial charge in [0.2, 0.25) is 0 Å². The van der Waals surface area contributed by atoms with Crippen molar-refractivity contribution in [2.75, 3.05) is 26.4 Å². The van der Waals surface area contributed by atoms with E-state index in [9.17, 15) is 0 Å². The molecule has 0 bridgehead atoms. The van der Waals surface area contributed by atoms with E-state index in [1.807, 2.05) is 12.1 Å². The highest BCUT2D eigenvalue weighted by Gasteiger charge is 1.99. The van der Waals surface area contributed by atoms with Crippen LogP contribution in [0.1, 0.15) is 39.2 Å². The van der Waals surface area contributed by atoms with Gasteiger partial charge >= 0.3 is 0 Å². The van der Waals surface area contributed by atoms with Crippen molar-refractivity contribution in [2.24, 2.45) is 0 Å². The van der Waals surface area contributed by atoms with Crippen LogP contribution in [-0.4, -0.2) is 32.4 Å². The van der Waals surface area contributed by atoms with Gasteiger partial charge in [0.15, 0.2) is 0 Å². The molecule has 0 heterocycles. The van der Waals surface area contributed by atoms with Crippen molar-refractivity contribution in [1.82, 2.24) is 5.32 Å². The van der Waals surface area contributed by atoms with E-state index in [-0.39, 0.29) is 0 Å². The molecule has 0 aliphatic heterocycles. The molecule has 19 heavy (non-hydrogen) atoms. The minimum atomic E-state index is 0.513. The Bertz CT molecular complexity index is 333. The van der Waals surface area contributed by atoms with Crippen molar-refractivity contribution in [3.63, 3.8) is 0 Å². The van der Waals surface area contributed by atoms with E-state index in [1.165, 1.54) is 5.56 Å². The van der Waals surface area contributed by atoms with Gasteiger partial charge in [-0.25, -0.2) is 0 Å². The van der Waals surface area contributed by atoms with Gasteiger partial charge in [0, 0.05) is 12.6 Å². The van der Waals surface area contributed by atoms with Gasteiger partial charge in [-0.15, -0.1) is 0 Å². The Labute approximate surface area is 117 Å². The zero-order chi connectivity index (χ0) is 14.1. The van der Waals surface area contributed by atoms with E-state index in [4.69, 9.17) is 9.47 Å². The summed E-state index contributed by atoms with van der Waals surface area (Å²) < 4.78 is 11.1. The van der Waals surface area contributed by atoms with Crippen LogP contribution in [0.15, 0.2) is 24.3 Å². The number of benzene rings is 1. The van der Waals surface area contributed by atoms with Crippen molar-refractivity contribution in [1.29, 1.82) is 0 Å². The summed E-state index contributed by atoms with van der Waals surface area (Å²) in [5, 5.41) is 3.31. The maximum absolute atomic E-state index is 5.62. The third kappa shape index (κ3) is 7.19. The molecule has 1 aromatic rings. The molecule has 108 valence electrons. The van der Waals surface area contributed by atoms with Crippen LogP contribution in [0.4, 0.5) is 0 Å². The highest BCUT2D eigenvalue weighted by atomic mass is 16.5. The summed E-state index contributed by atoms with van der Waals surface area (Å²) in [6, 6.07) is 8.80. The molecule has 0 aliphatic rings. The lowest BCUT2D eigenvalue weighted by Crippen LogP contribution is -2.27. The molecule has 3 heteroatoms. The maximum atomic E-state index is 5.62. The van der Waals surface area contributed by atoms with Crippen LogP contribution in [0.2, 0.25) is 0 Å². The Morgan fingerprint density at radius 2 is 1.63 bits per heavy atom. The SMILES string of the molecule is CC(C)NCCOCCOc1ccc(C(C)C)cc1. The predicted octanol–water partition coefficient (Wildman–Crippen LogP) is 3.20. The molecule has 0 aromatic heterocycles. The Hall–Kier alpha value is -1.06. The van der Waals surface area contributed by atoms with Gasteiger partial charge in [0.1, 0.15) is 12.4 Å². The molecule has 1 N–H and O–H groups in total. The number of hydrogen-bond acceptors (Lipinski definition) is 3. The molecule has 0 radical (unpaired) electrons. The van der Waals surface area contributed by atoms with E-state index in [1.54, 1.807) is 0 Å². The van der Waals surface area contributed by atoms with Crippen LogP contribution >= 0.6 is 0 Å². The first kappa shape index (κ1) is 16.0. The summed E-state index contributed by atoms with van der Waals surface area (Å²) >= 11 is 0. The molecule has 0 amide bonds. The van der Waals surface area contributed by atoms with Gasteiger partial charge in [0.05, 0.1) is 13.2 Å². The molecular formula is C16H27NO2. The van der Waals surface area contributed by atoms with Gasteiger partial charge in [-0.05, 0) is 23.6 Å². The molecule has 0 unspecified atom stereocenters. The highest BCUT2D eigenvalue weighted by molar-refractivity contribution is 5.28. The van der Waals surface area contributed by atoms with Crippen molar-refractivity contribution in [3.8, 4) is 5.75 Å². The largest absolute Gasteiger partial charge is 0.491 e. The van der Waals surface area contributed by atoms with Crippen molar-refractivity contribution >= 4 is 0 Å². The Balaban J connectivity index is 2.09. The summed E-state index contributed by atoms with van der Waals surface area (Å²) in [5.41, 5.74) is 1.34. The van der Waals surface area contributed by atoms with Gasteiger partial charge in [-0.3, -0.25) is 0 Å². The average Bonchev–Trinajstić information content (AvgIpc) is 2.38. The van der Waals surface area contributed by atoms with Gasteiger partial charge in [-0.2, -0.15) is 0 Å². The topological polar surface area (TPSA) is 30.5 Å². The van der Waals surface area contributed by atoms with Crippen molar-refractivity contribution in [2.45, 2.75) is 39.7 Å². The van der Waals surface area contributed by atoms with Crippen LogP contribution in [-0.2, 0) is 4.74 Å². The molecule has 3 nitrogen and oxygen atoms in total. The lowest BCUT2D eigenvalue weighted by atomic mass is 10.0. The number of ether oxygens (including phenoxy) is 2. The number of hydrogen-bond donors (Lipinski definition) is 1. The molecule has 0 aliphatic carbocycles. The summed E-state index contributed by atoms with van der Waals surface area (Å²) in [4.78, 5) is 0. The van der Waals surface area contributed by atoms with E-state index in [0.29, 0.717) is 25.2 Å². The van der Waals surface area contributed by atoms with Crippen LogP contribution < -0.4 is 10.1 Å². The second-order valence-electron chi connectivity index (χ2n) is 5.29. The molecule has 0 saturated heterocycles. The number of rotatable bonds is 9. The number of nitrogens with one attached hydrogen (secondary N) is 1. The molecule has 0 fully saturated rings. The Kier molecular flexibility index (Phi) is 7.53. The van der Waals surface area contributed by atoms with Crippen molar-refractivity contribution in [3.05, 3.63) is 29.8 Å². The molecule has 0 atom stereocenters. The van der Waals surface area contributed by atoms with Crippen molar-refractivity contribution < 1.29 is 9.47 Å². The molecule has 0 spiro atoms. The van der Waals surface area contributed by atoms with E-state index in [2.05, 4.69) is 45.1 Å². The van der Waals surface area contributed by atoms with E-state index >= 15 is 0 Å². The second-order valence-corrected chi connectivity index (χ2v) is 5.29. The summed E-state index contributed by atoms with van der Waals surface area (Å²) in [6.45, 7) is 11.5. The highest BCUT2D eigenvalue weighted by Crippen LogP contribution is 2.18. The first-order valence-corrected chi connectivity index (χ1v) is 7.13. The summed E-state index contributed by atoms with van der Waals surface area (Å²) in [5.74, 6) is 1.47. The van der Waals surface area contributed by atoms with Gasteiger partial charge in [-0.1, -0.05) is 39.8 Å². The zero-order valence-corrected chi connectivity index (χ0v) is 12.6. The predicted molar refractivity (Wildman–Crippen MR) is 80.0 cm³/mol. The van der Waals surface area contributed by atoms with E-state index < -0.39 is 0 Å². The quantitative estimate of drug-likeness (QED) is 0.696.